The molecule has 0 aliphatic rings. The highest BCUT2D eigenvalue weighted by molar-refractivity contribution is 4.61. The van der Waals surface area contributed by atoms with Crippen molar-refractivity contribution in [1.29, 1.82) is 0 Å². The Morgan fingerprint density at radius 3 is 1.67 bits per heavy atom. The van der Waals surface area contributed by atoms with Crippen molar-refractivity contribution in [2.24, 2.45) is 11.8 Å². The van der Waals surface area contributed by atoms with Crippen molar-refractivity contribution >= 4 is 0 Å². The Bertz CT molecular complexity index is 67.0. The van der Waals surface area contributed by atoms with Gasteiger partial charge in [-0.3, -0.25) is 0 Å². The molecule has 0 aromatic rings. The minimum absolute atomic E-state index is 0.187. The Kier molecular flexibility index (Phi) is 3.83. The molecule has 0 bridgehead atoms. The van der Waals surface area contributed by atoms with Gasteiger partial charge in [-0.25, -0.2) is 4.39 Å². The van der Waals surface area contributed by atoms with Gasteiger partial charge < -0.3 is 0 Å². The van der Waals surface area contributed by atoms with Gasteiger partial charge in [-0.2, -0.15) is 0 Å². The third kappa shape index (κ3) is 4.43. The molecular formula is C8H17F. The lowest BCUT2D eigenvalue weighted by Gasteiger charge is -2.13. The van der Waals surface area contributed by atoms with Gasteiger partial charge in [0, 0.05) is 0 Å². The van der Waals surface area contributed by atoms with Gasteiger partial charge in [0.05, 0.1) is 0 Å². The molecule has 1 heteroatoms. The quantitative estimate of drug-likeness (QED) is 0.553. The van der Waals surface area contributed by atoms with Gasteiger partial charge in [-0.05, 0) is 18.3 Å². The summed E-state index contributed by atoms with van der Waals surface area (Å²) in [6, 6.07) is 0. The van der Waals surface area contributed by atoms with Gasteiger partial charge >= 0.3 is 0 Å². The van der Waals surface area contributed by atoms with E-state index in [0.717, 1.165) is 0 Å². The van der Waals surface area contributed by atoms with Crippen LogP contribution in [0.5, 0.6) is 0 Å². The van der Waals surface area contributed by atoms with Crippen LogP contribution >= 0.6 is 0 Å². The molecule has 0 aliphatic heterocycles. The van der Waals surface area contributed by atoms with Crippen LogP contribution < -0.4 is 0 Å². The second kappa shape index (κ2) is 3.86. The van der Waals surface area contributed by atoms with Gasteiger partial charge in [0.15, 0.2) is 0 Å². The molecule has 0 spiro atoms. The van der Waals surface area contributed by atoms with Crippen LogP contribution in [-0.2, 0) is 0 Å². The Hall–Kier alpha value is -0.0700. The minimum Gasteiger partial charge on any atom is -0.247 e. The SMILES string of the molecule is CC(C)CC(F)C(C)C. The van der Waals surface area contributed by atoms with Crippen molar-refractivity contribution in [2.45, 2.75) is 40.3 Å². The second-order valence-corrected chi connectivity index (χ2v) is 3.39. The fourth-order valence-electron chi connectivity index (χ4n) is 0.723. The highest BCUT2D eigenvalue weighted by Crippen LogP contribution is 2.15. The molecule has 0 aromatic heterocycles. The summed E-state index contributed by atoms with van der Waals surface area (Å²) in [5.41, 5.74) is 0. The summed E-state index contributed by atoms with van der Waals surface area (Å²) in [6.07, 6.45) is 0.0995. The number of halogens is 1. The Labute approximate surface area is 57.5 Å². The standard InChI is InChI=1S/C8H17F/c1-6(2)5-8(9)7(3)4/h6-8H,5H2,1-4H3. The van der Waals surface area contributed by atoms with Crippen molar-refractivity contribution in [1.82, 2.24) is 0 Å². The zero-order valence-electron chi connectivity index (χ0n) is 6.82. The van der Waals surface area contributed by atoms with Crippen LogP contribution in [0.15, 0.2) is 0 Å². The van der Waals surface area contributed by atoms with Crippen LogP contribution in [-0.4, -0.2) is 6.17 Å². The zero-order chi connectivity index (χ0) is 7.44. The van der Waals surface area contributed by atoms with E-state index in [0.29, 0.717) is 12.3 Å². The normalized spacial score (nSPS) is 15.0. The minimum atomic E-state index is -0.606. The van der Waals surface area contributed by atoms with Crippen molar-refractivity contribution in [3.8, 4) is 0 Å². The first-order valence-corrected chi connectivity index (χ1v) is 3.68. The molecule has 0 heterocycles. The predicted molar refractivity (Wildman–Crippen MR) is 39.2 cm³/mol. The molecule has 0 saturated heterocycles. The number of rotatable bonds is 3. The molecule has 0 nitrogen and oxygen atoms in total. The first kappa shape index (κ1) is 8.93. The summed E-state index contributed by atoms with van der Waals surface area (Å²) in [5, 5.41) is 0. The zero-order valence-corrected chi connectivity index (χ0v) is 6.82. The average Bonchev–Trinajstić information content (AvgIpc) is 1.63. The monoisotopic (exact) mass is 132 g/mol. The Morgan fingerprint density at radius 2 is 1.56 bits per heavy atom. The summed E-state index contributed by atoms with van der Waals surface area (Å²) in [6.45, 7) is 7.95. The molecule has 0 N–H and O–H groups in total. The molecule has 0 fully saturated rings. The maximum atomic E-state index is 12.8. The van der Waals surface area contributed by atoms with Crippen LogP contribution in [0.3, 0.4) is 0 Å². The lowest BCUT2D eigenvalue weighted by molar-refractivity contribution is 0.217. The van der Waals surface area contributed by atoms with E-state index in [1.54, 1.807) is 0 Å². The summed E-state index contributed by atoms with van der Waals surface area (Å²) in [5.74, 6) is 0.676. The van der Waals surface area contributed by atoms with E-state index in [1.165, 1.54) is 0 Å². The third-order valence-corrected chi connectivity index (χ3v) is 1.42. The van der Waals surface area contributed by atoms with E-state index >= 15 is 0 Å². The number of alkyl halides is 1. The van der Waals surface area contributed by atoms with Gasteiger partial charge in [0.25, 0.3) is 0 Å². The van der Waals surface area contributed by atoms with E-state index in [1.807, 2.05) is 13.8 Å². The summed E-state index contributed by atoms with van der Waals surface area (Å²) >= 11 is 0. The largest absolute Gasteiger partial charge is 0.247 e. The molecule has 0 radical (unpaired) electrons. The van der Waals surface area contributed by atoms with Gasteiger partial charge in [0.2, 0.25) is 0 Å². The highest BCUT2D eigenvalue weighted by Gasteiger charge is 2.12. The van der Waals surface area contributed by atoms with E-state index in [4.69, 9.17) is 0 Å². The molecule has 56 valence electrons. The fourth-order valence-corrected chi connectivity index (χ4v) is 0.723. The molecular weight excluding hydrogens is 115 g/mol. The third-order valence-electron chi connectivity index (χ3n) is 1.42. The first-order valence-electron chi connectivity index (χ1n) is 3.68. The smallest absolute Gasteiger partial charge is 0.103 e. The molecule has 0 amide bonds. The van der Waals surface area contributed by atoms with Crippen molar-refractivity contribution in [2.75, 3.05) is 0 Å². The summed E-state index contributed by atoms with van der Waals surface area (Å²) in [7, 11) is 0. The van der Waals surface area contributed by atoms with Gasteiger partial charge in [-0.1, -0.05) is 27.7 Å². The molecule has 0 rings (SSSR count). The topological polar surface area (TPSA) is 0 Å². The van der Waals surface area contributed by atoms with E-state index in [2.05, 4.69) is 13.8 Å². The molecule has 1 unspecified atom stereocenters. The van der Waals surface area contributed by atoms with Crippen molar-refractivity contribution in [3.63, 3.8) is 0 Å². The van der Waals surface area contributed by atoms with Gasteiger partial charge in [-0.15, -0.1) is 0 Å². The maximum absolute atomic E-state index is 12.8. The average molecular weight is 132 g/mol. The van der Waals surface area contributed by atoms with Crippen LogP contribution in [0, 0.1) is 11.8 Å². The lowest BCUT2D eigenvalue weighted by atomic mass is 9.99. The Morgan fingerprint density at radius 1 is 1.11 bits per heavy atom. The number of hydrogen-bond acceptors (Lipinski definition) is 0. The van der Waals surface area contributed by atoms with Crippen LogP contribution in [0.25, 0.3) is 0 Å². The molecule has 0 aromatic carbocycles. The number of hydrogen-bond donors (Lipinski definition) is 0. The second-order valence-electron chi connectivity index (χ2n) is 3.39. The van der Waals surface area contributed by atoms with E-state index in [-0.39, 0.29) is 5.92 Å². The van der Waals surface area contributed by atoms with Gasteiger partial charge in [0.1, 0.15) is 6.17 Å². The van der Waals surface area contributed by atoms with Crippen LogP contribution in [0.1, 0.15) is 34.1 Å². The highest BCUT2D eigenvalue weighted by atomic mass is 19.1. The maximum Gasteiger partial charge on any atom is 0.103 e. The van der Waals surface area contributed by atoms with Crippen LogP contribution in [0.4, 0.5) is 4.39 Å². The summed E-state index contributed by atoms with van der Waals surface area (Å²) in [4.78, 5) is 0. The fraction of sp³-hybridized carbons (Fsp3) is 1.00. The van der Waals surface area contributed by atoms with E-state index in [9.17, 15) is 4.39 Å². The molecule has 0 aliphatic carbocycles. The van der Waals surface area contributed by atoms with E-state index < -0.39 is 6.17 Å². The molecule has 1 atom stereocenters. The van der Waals surface area contributed by atoms with Crippen molar-refractivity contribution in [3.05, 3.63) is 0 Å². The molecule has 9 heavy (non-hydrogen) atoms. The predicted octanol–water partition coefficient (Wildman–Crippen LogP) is 3.03. The Balaban J connectivity index is 3.38. The van der Waals surface area contributed by atoms with Crippen molar-refractivity contribution < 1.29 is 4.39 Å². The molecule has 0 saturated carbocycles. The summed E-state index contributed by atoms with van der Waals surface area (Å²) < 4.78 is 12.8. The first-order chi connectivity index (χ1) is 4.04. The lowest BCUT2D eigenvalue weighted by Crippen LogP contribution is -2.11. The van der Waals surface area contributed by atoms with Crippen LogP contribution in [0.2, 0.25) is 0 Å².